The van der Waals surface area contributed by atoms with Crippen LogP contribution < -0.4 is 0 Å². The average Bonchev–Trinajstić information content (AvgIpc) is 3.16. The van der Waals surface area contributed by atoms with Gasteiger partial charge in [-0.2, -0.15) is 0 Å². The third kappa shape index (κ3) is 2.83. The highest BCUT2D eigenvalue weighted by atomic mass is 79.9. The maximum atomic E-state index is 6.32. The van der Waals surface area contributed by atoms with E-state index in [0.29, 0.717) is 6.10 Å². The molecule has 1 aromatic rings. The summed E-state index contributed by atoms with van der Waals surface area (Å²) in [6, 6.07) is 5.73. The lowest BCUT2D eigenvalue weighted by Gasteiger charge is -2.33. The van der Waals surface area contributed by atoms with Crippen molar-refractivity contribution in [1.82, 2.24) is 0 Å². The van der Waals surface area contributed by atoms with Gasteiger partial charge in [0.05, 0.1) is 6.10 Å². The van der Waals surface area contributed by atoms with Crippen LogP contribution in [0.4, 0.5) is 0 Å². The lowest BCUT2D eigenvalue weighted by Crippen LogP contribution is -2.36. The highest BCUT2D eigenvalue weighted by Crippen LogP contribution is 2.50. The molecule has 1 aromatic carbocycles. The lowest BCUT2D eigenvalue weighted by atomic mass is 9.76. The molecule has 0 spiro atoms. The zero-order valence-corrected chi connectivity index (χ0v) is 13.8. The Labute approximate surface area is 132 Å². The predicted molar refractivity (Wildman–Crippen MR) is 83.5 cm³/mol. The summed E-state index contributed by atoms with van der Waals surface area (Å²) in [5.74, 6) is 0.748. The van der Waals surface area contributed by atoms with Gasteiger partial charge < -0.3 is 4.74 Å². The largest absolute Gasteiger partial charge is 0.377 e. The molecule has 2 fully saturated rings. The SMILES string of the molecule is Clc1ccc(Cl)c(CC2(CBr)CCOC2C2CC2)c1. The number of ether oxygens (including phenoxy) is 1. The van der Waals surface area contributed by atoms with Gasteiger partial charge in [-0.3, -0.25) is 0 Å². The fourth-order valence-corrected chi connectivity index (χ4v) is 4.36. The van der Waals surface area contributed by atoms with E-state index in [-0.39, 0.29) is 5.41 Å². The fourth-order valence-electron chi connectivity index (χ4n) is 3.18. The minimum atomic E-state index is 0.176. The lowest BCUT2D eigenvalue weighted by molar-refractivity contribution is 0.0413. The second kappa shape index (κ2) is 5.55. The van der Waals surface area contributed by atoms with Gasteiger partial charge in [0.1, 0.15) is 0 Å². The third-order valence-corrected chi connectivity index (χ3v) is 6.09. The molecule has 0 bridgehead atoms. The molecule has 1 heterocycles. The molecule has 0 N–H and O–H groups in total. The first-order valence-corrected chi connectivity index (χ1v) is 8.64. The van der Waals surface area contributed by atoms with E-state index in [9.17, 15) is 0 Å². The Morgan fingerprint density at radius 3 is 2.79 bits per heavy atom. The standard InChI is InChI=1S/C15H17BrCl2O/c16-9-15(5-6-19-14(15)10-1-2-10)8-11-7-12(17)3-4-13(11)18/h3-4,7,10,14H,1-2,5-6,8-9H2. The zero-order valence-electron chi connectivity index (χ0n) is 10.7. The van der Waals surface area contributed by atoms with Crippen LogP contribution in [0.5, 0.6) is 0 Å². The molecule has 1 saturated carbocycles. The number of hydrogen-bond donors (Lipinski definition) is 0. The minimum Gasteiger partial charge on any atom is -0.377 e. The van der Waals surface area contributed by atoms with Crippen molar-refractivity contribution in [3.63, 3.8) is 0 Å². The minimum absolute atomic E-state index is 0.176. The van der Waals surface area contributed by atoms with E-state index in [1.54, 1.807) is 0 Å². The van der Waals surface area contributed by atoms with Gasteiger partial charge >= 0.3 is 0 Å². The molecule has 1 aliphatic carbocycles. The van der Waals surface area contributed by atoms with Gasteiger partial charge in [-0.15, -0.1) is 0 Å². The Kier molecular flexibility index (Phi) is 4.15. The molecule has 1 aliphatic heterocycles. The fraction of sp³-hybridized carbons (Fsp3) is 0.600. The van der Waals surface area contributed by atoms with Crippen molar-refractivity contribution >= 4 is 39.1 Å². The van der Waals surface area contributed by atoms with Crippen LogP contribution >= 0.6 is 39.1 Å². The number of benzene rings is 1. The van der Waals surface area contributed by atoms with Gasteiger partial charge in [0.15, 0.2) is 0 Å². The summed E-state index contributed by atoms with van der Waals surface area (Å²) in [6.07, 6.45) is 5.04. The topological polar surface area (TPSA) is 9.23 Å². The van der Waals surface area contributed by atoms with E-state index in [2.05, 4.69) is 15.9 Å². The predicted octanol–water partition coefficient (Wildman–Crippen LogP) is 5.12. The van der Waals surface area contributed by atoms with Crippen LogP contribution in [0.15, 0.2) is 18.2 Å². The van der Waals surface area contributed by atoms with Crippen LogP contribution in [0, 0.1) is 11.3 Å². The summed E-state index contributed by atoms with van der Waals surface area (Å²) in [5, 5.41) is 2.53. The van der Waals surface area contributed by atoms with Gasteiger partial charge in [-0.05, 0) is 55.4 Å². The first-order valence-electron chi connectivity index (χ1n) is 6.76. The Morgan fingerprint density at radius 2 is 2.11 bits per heavy atom. The molecule has 2 aliphatic rings. The number of halogens is 3. The Balaban J connectivity index is 1.87. The van der Waals surface area contributed by atoms with Crippen molar-refractivity contribution in [1.29, 1.82) is 0 Å². The van der Waals surface area contributed by atoms with E-state index < -0.39 is 0 Å². The number of rotatable bonds is 4. The van der Waals surface area contributed by atoms with Crippen LogP contribution in [0.1, 0.15) is 24.8 Å². The van der Waals surface area contributed by atoms with Crippen molar-refractivity contribution in [2.45, 2.75) is 31.8 Å². The van der Waals surface area contributed by atoms with Crippen LogP contribution in [0.3, 0.4) is 0 Å². The molecule has 4 heteroatoms. The Morgan fingerprint density at radius 1 is 1.32 bits per heavy atom. The molecular formula is C15H17BrCl2O. The first-order chi connectivity index (χ1) is 9.14. The Hall–Kier alpha value is 0.240. The first kappa shape index (κ1) is 14.2. The van der Waals surface area contributed by atoms with E-state index >= 15 is 0 Å². The molecule has 2 atom stereocenters. The summed E-state index contributed by atoms with van der Waals surface area (Å²) in [7, 11) is 0. The zero-order chi connectivity index (χ0) is 13.5. The van der Waals surface area contributed by atoms with Crippen molar-refractivity contribution < 1.29 is 4.74 Å². The second-order valence-corrected chi connectivity index (χ2v) is 7.19. The molecule has 1 nitrogen and oxygen atoms in total. The van der Waals surface area contributed by atoms with E-state index in [0.717, 1.165) is 46.3 Å². The van der Waals surface area contributed by atoms with Gasteiger partial charge in [0.2, 0.25) is 0 Å². The van der Waals surface area contributed by atoms with E-state index in [1.165, 1.54) is 12.8 Å². The molecule has 1 saturated heterocycles. The van der Waals surface area contributed by atoms with Crippen LogP contribution in [0.25, 0.3) is 0 Å². The molecule has 2 unspecified atom stereocenters. The average molecular weight is 364 g/mol. The molecular weight excluding hydrogens is 347 g/mol. The Bertz CT molecular complexity index is 475. The summed E-state index contributed by atoms with van der Waals surface area (Å²) in [5.41, 5.74) is 1.32. The smallest absolute Gasteiger partial charge is 0.0671 e. The number of alkyl halides is 1. The van der Waals surface area contributed by atoms with Gasteiger partial charge in [0.25, 0.3) is 0 Å². The van der Waals surface area contributed by atoms with Crippen molar-refractivity contribution in [3.8, 4) is 0 Å². The second-order valence-electron chi connectivity index (χ2n) is 5.79. The molecule has 19 heavy (non-hydrogen) atoms. The van der Waals surface area contributed by atoms with Gasteiger partial charge in [-0.25, -0.2) is 0 Å². The summed E-state index contributed by atoms with van der Waals surface area (Å²) < 4.78 is 6.02. The van der Waals surface area contributed by atoms with Crippen molar-refractivity contribution in [3.05, 3.63) is 33.8 Å². The van der Waals surface area contributed by atoms with Crippen LogP contribution in [-0.2, 0) is 11.2 Å². The third-order valence-electron chi connectivity index (χ3n) is 4.37. The molecule has 104 valence electrons. The highest BCUT2D eigenvalue weighted by Gasteiger charge is 2.50. The summed E-state index contributed by atoms with van der Waals surface area (Å²) in [6.45, 7) is 0.866. The van der Waals surface area contributed by atoms with Crippen LogP contribution in [-0.4, -0.2) is 18.0 Å². The van der Waals surface area contributed by atoms with Gasteiger partial charge in [0, 0.05) is 27.4 Å². The normalized spacial score (nSPS) is 30.8. The number of hydrogen-bond acceptors (Lipinski definition) is 1. The monoisotopic (exact) mass is 362 g/mol. The van der Waals surface area contributed by atoms with Crippen LogP contribution in [0.2, 0.25) is 10.0 Å². The molecule has 0 amide bonds. The quantitative estimate of drug-likeness (QED) is 0.675. The molecule has 3 rings (SSSR count). The van der Waals surface area contributed by atoms with E-state index in [4.69, 9.17) is 27.9 Å². The molecule has 0 radical (unpaired) electrons. The highest BCUT2D eigenvalue weighted by molar-refractivity contribution is 9.09. The maximum Gasteiger partial charge on any atom is 0.0671 e. The van der Waals surface area contributed by atoms with Gasteiger partial charge in [-0.1, -0.05) is 39.1 Å². The van der Waals surface area contributed by atoms with Crippen molar-refractivity contribution in [2.75, 3.05) is 11.9 Å². The van der Waals surface area contributed by atoms with E-state index in [1.807, 2.05) is 18.2 Å². The summed E-state index contributed by atoms with van der Waals surface area (Å²) in [4.78, 5) is 0. The van der Waals surface area contributed by atoms with Crippen molar-refractivity contribution in [2.24, 2.45) is 11.3 Å². The maximum absolute atomic E-state index is 6.32. The molecule has 0 aromatic heterocycles. The summed E-state index contributed by atoms with van der Waals surface area (Å²) >= 11 is 16.1.